The van der Waals surface area contributed by atoms with Gasteiger partial charge in [0.2, 0.25) is 0 Å². The van der Waals surface area contributed by atoms with Crippen molar-refractivity contribution in [1.82, 2.24) is 15.1 Å². The van der Waals surface area contributed by atoms with E-state index in [1.165, 1.54) is 27.8 Å². The quantitative estimate of drug-likeness (QED) is 0.904. The lowest BCUT2D eigenvalue weighted by Crippen LogP contribution is -2.22. The van der Waals surface area contributed by atoms with E-state index in [-0.39, 0.29) is 0 Å². The fourth-order valence-electron chi connectivity index (χ4n) is 3.01. The lowest BCUT2D eigenvalue weighted by atomic mass is 9.95. The maximum atomic E-state index is 4.20. The van der Waals surface area contributed by atoms with Crippen molar-refractivity contribution >= 4 is 0 Å². The third kappa shape index (κ3) is 3.48. The van der Waals surface area contributed by atoms with Crippen LogP contribution in [-0.2, 0) is 13.5 Å². The van der Waals surface area contributed by atoms with Gasteiger partial charge < -0.3 is 5.32 Å². The zero-order valence-corrected chi connectivity index (χ0v) is 13.2. The first kappa shape index (κ1) is 14.8. The first-order valence-electron chi connectivity index (χ1n) is 7.26. The molecule has 1 N–H and O–H groups in total. The van der Waals surface area contributed by atoms with E-state index in [4.69, 9.17) is 0 Å². The number of nitrogens with one attached hydrogen (secondary N) is 1. The van der Waals surface area contributed by atoms with E-state index in [2.05, 4.69) is 56.4 Å². The van der Waals surface area contributed by atoms with Crippen molar-refractivity contribution in [1.29, 1.82) is 0 Å². The van der Waals surface area contributed by atoms with Crippen LogP contribution in [-0.4, -0.2) is 16.3 Å². The van der Waals surface area contributed by atoms with Crippen LogP contribution in [0.25, 0.3) is 0 Å². The van der Waals surface area contributed by atoms with Gasteiger partial charge in [0.25, 0.3) is 0 Å². The lowest BCUT2D eigenvalue weighted by Gasteiger charge is -2.19. The number of aromatic nitrogens is 2. The van der Waals surface area contributed by atoms with Crippen molar-refractivity contribution in [3.8, 4) is 0 Å². The van der Waals surface area contributed by atoms with Crippen LogP contribution in [0, 0.1) is 20.8 Å². The van der Waals surface area contributed by atoms with Crippen molar-refractivity contribution in [3.63, 3.8) is 0 Å². The Morgan fingerprint density at radius 2 is 1.85 bits per heavy atom. The molecule has 2 rings (SSSR count). The van der Waals surface area contributed by atoms with Gasteiger partial charge in [-0.3, -0.25) is 4.68 Å². The summed E-state index contributed by atoms with van der Waals surface area (Å²) in [7, 11) is 1.96. The monoisotopic (exact) mass is 271 g/mol. The Balaban J connectivity index is 1.96. The van der Waals surface area contributed by atoms with E-state index in [0.29, 0.717) is 6.04 Å². The number of hydrogen-bond acceptors (Lipinski definition) is 2. The minimum atomic E-state index is 0.382. The van der Waals surface area contributed by atoms with Crippen LogP contribution >= 0.6 is 0 Å². The molecule has 108 valence electrons. The summed E-state index contributed by atoms with van der Waals surface area (Å²) in [5.41, 5.74) is 6.81. The molecule has 1 unspecified atom stereocenters. The largest absolute Gasteiger partial charge is 0.310 e. The number of benzene rings is 1. The van der Waals surface area contributed by atoms with Crippen LogP contribution in [0.2, 0.25) is 0 Å². The van der Waals surface area contributed by atoms with Gasteiger partial charge in [-0.25, -0.2) is 0 Å². The van der Waals surface area contributed by atoms with Crippen molar-refractivity contribution in [2.75, 3.05) is 6.54 Å². The average molecular weight is 271 g/mol. The molecular formula is C17H25N3. The summed E-state index contributed by atoms with van der Waals surface area (Å²) in [6.07, 6.45) is 5.03. The average Bonchev–Trinajstić information content (AvgIpc) is 2.73. The van der Waals surface area contributed by atoms with E-state index < -0.39 is 0 Å². The summed E-state index contributed by atoms with van der Waals surface area (Å²) in [5.74, 6) is 0. The Labute approximate surface area is 122 Å². The Hall–Kier alpha value is -1.61. The molecule has 1 aromatic carbocycles. The molecule has 0 saturated heterocycles. The third-order valence-electron chi connectivity index (χ3n) is 3.79. The van der Waals surface area contributed by atoms with Crippen LogP contribution in [0.15, 0.2) is 24.5 Å². The highest BCUT2D eigenvalue weighted by molar-refractivity contribution is 5.39. The maximum absolute atomic E-state index is 4.20. The van der Waals surface area contributed by atoms with E-state index in [1.54, 1.807) is 0 Å². The first-order chi connectivity index (χ1) is 9.47. The van der Waals surface area contributed by atoms with E-state index in [1.807, 2.05) is 17.9 Å². The third-order valence-corrected chi connectivity index (χ3v) is 3.79. The van der Waals surface area contributed by atoms with Gasteiger partial charge in [-0.1, -0.05) is 17.7 Å². The topological polar surface area (TPSA) is 29.9 Å². The normalized spacial score (nSPS) is 12.7. The molecule has 3 heteroatoms. The molecule has 3 nitrogen and oxygen atoms in total. The van der Waals surface area contributed by atoms with Gasteiger partial charge in [0.05, 0.1) is 6.20 Å². The van der Waals surface area contributed by atoms with Gasteiger partial charge in [0, 0.05) is 19.3 Å². The van der Waals surface area contributed by atoms with Crippen molar-refractivity contribution < 1.29 is 0 Å². The zero-order chi connectivity index (χ0) is 14.7. The molecule has 0 saturated carbocycles. The predicted octanol–water partition coefficient (Wildman–Crippen LogP) is 3.24. The second-order valence-electron chi connectivity index (χ2n) is 5.76. The molecule has 1 aromatic heterocycles. The molecule has 0 aliphatic rings. The number of rotatable bonds is 5. The molecule has 0 aliphatic heterocycles. The van der Waals surface area contributed by atoms with Gasteiger partial charge >= 0.3 is 0 Å². The lowest BCUT2D eigenvalue weighted by molar-refractivity contribution is 0.572. The first-order valence-corrected chi connectivity index (χ1v) is 7.26. The molecule has 0 bridgehead atoms. The van der Waals surface area contributed by atoms with Gasteiger partial charge in [-0.2, -0.15) is 5.10 Å². The minimum Gasteiger partial charge on any atom is -0.310 e. The van der Waals surface area contributed by atoms with Crippen molar-refractivity contribution in [2.45, 2.75) is 40.2 Å². The predicted molar refractivity (Wildman–Crippen MR) is 84.0 cm³/mol. The SMILES string of the molecule is Cc1cc(C)c(C(C)NCCc2cnn(C)c2)c(C)c1. The van der Waals surface area contributed by atoms with E-state index in [0.717, 1.165) is 13.0 Å². The fraction of sp³-hybridized carbons (Fsp3) is 0.471. The minimum absolute atomic E-state index is 0.382. The Bertz CT molecular complexity index is 561. The summed E-state index contributed by atoms with van der Waals surface area (Å²) in [6, 6.07) is 4.91. The molecular weight excluding hydrogens is 246 g/mol. The summed E-state index contributed by atoms with van der Waals surface area (Å²) in [5, 5.41) is 7.82. The van der Waals surface area contributed by atoms with Crippen LogP contribution in [0.4, 0.5) is 0 Å². The fourth-order valence-corrected chi connectivity index (χ4v) is 3.01. The molecule has 0 aliphatic carbocycles. The molecule has 1 atom stereocenters. The van der Waals surface area contributed by atoms with E-state index in [9.17, 15) is 0 Å². The highest BCUT2D eigenvalue weighted by Crippen LogP contribution is 2.23. The maximum Gasteiger partial charge on any atom is 0.0522 e. The van der Waals surface area contributed by atoms with Gasteiger partial charge in [-0.15, -0.1) is 0 Å². The Morgan fingerprint density at radius 3 is 2.40 bits per heavy atom. The summed E-state index contributed by atoms with van der Waals surface area (Å²) in [6.45, 7) is 9.78. The van der Waals surface area contributed by atoms with Crippen LogP contribution < -0.4 is 5.32 Å². The van der Waals surface area contributed by atoms with Gasteiger partial charge in [-0.05, 0) is 62.9 Å². The highest BCUT2D eigenvalue weighted by Gasteiger charge is 2.11. The molecule has 0 amide bonds. The van der Waals surface area contributed by atoms with E-state index >= 15 is 0 Å². The highest BCUT2D eigenvalue weighted by atomic mass is 15.2. The summed E-state index contributed by atoms with van der Waals surface area (Å²) in [4.78, 5) is 0. The molecule has 20 heavy (non-hydrogen) atoms. The smallest absolute Gasteiger partial charge is 0.0522 e. The summed E-state index contributed by atoms with van der Waals surface area (Å²) < 4.78 is 1.85. The second kappa shape index (κ2) is 6.23. The molecule has 0 fully saturated rings. The van der Waals surface area contributed by atoms with Crippen LogP contribution in [0.1, 0.15) is 40.8 Å². The molecule has 0 spiro atoms. The van der Waals surface area contributed by atoms with Crippen molar-refractivity contribution in [3.05, 3.63) is 52.3 Å². The van der Waals surface area contributed by atoms with Gasteiger partial charge in [0.15, 0.2) is 0 Å². The van der Waals surface area contributed by atoms with Crippen molar-refractivity contribution in [2.24, 2.45) is 7.05 Å². The van der Waals surface area contributed by atoms with Crippen LogP contribution in [0.5, 0.6) is 0 Å². The zero-order valence-electron chi connectivity index (χ0n) is 13.2. The number of hydrogen-bond donors (Lipinski definition) is 1. The number of nitrogens with zero attached hydrogens (tertiary/aromatic N) is 2. The molecule has 2 aromatic rings. The second-order valence-corrected chi connectivity index (χ2v) is 5.76. The molecule has 0 radical (unpaired) electrons. The summed E-state index contributed by atoms with van der Waals surface area (Å²) >= 11 is 0. The van der Waals surface area contributed by atoms with Crippen LogP contribution in [0.3, 0.4) is 0 Å². The number of aryl methyl sites for hydroxylation is 4. The standard InChI is InChI=1S/C17H25N3/c1-12-8-13(2)17(14(3)9-12)15(4)18-7-6-16-10-19-20(5)11-16/h8-11,15,18H,6-7H2,1-5H3. The van der Waals surface area contributed by atoms with Gasteiger partial charge in [0.1, 0.15) is 0 Å². The Kier molecular flexibility index (Phi) is 4.61. The molecule has 1 heterocycles. The Morgan fingerprint density at radius 1 is 1.20 bits per heavy atom.